The second kappa shape index (κ2) is 7.98. The molecule has 0 unspecified atom stereocenters. The number of ether oxygens (including phenoxy) is 2. The number of carbonyl (C=O) groups is 2. The molecular weight excluding hydrogens is 294 g/mol. The van der Waals surface area contributed by atoms with E-state index in [0.717, 1.165) is 5.56 Å². The van der Waals surface area contributed by atoms with Gasteiger partial charge in [0.2, 0.25) is 0 Å². The van der Waals surface area contributed by atoms with Crippen LogP contribution in [0.15, 0.2) is 54.6 Å². The molecule has 0 spiro atoms. The Morgan fingerprint density at radius 2 is 1.83 bits per heavy atom. The van der Waals surface area contributed by atoms with Gasteiger partial charge in [-0.15, -0.1) is 0 Å². The molecule has 0 saturated heterocycles. The molecule has 2 aromatic rings. The lowest BCUT2D eigenvalue weighted by Gasteiger charge is -2.14. The molecular formula is C18H19NO4. The summed E-state index contributed by atoms with van der Waals surface area (Å²) in [6.45, 7) is 1.55. The van der Waals surface area contributed by atoms with E-state index in [2.05, 4.69) is 5.32 Å². The molecule has 2 rings (SSSR count). The first-order chi connectivity index (χ1) is 11.1. The highest BCUT2D eigenvalue weighted by Crippen LogP contribution is 2.14. The van der Waals surface area contributed by atoms with Gasteiger partial charge in [-0.3, -0.25) is 4.79 Å². The number of amides is 1. The predicted octanol–water partition coefficient (Wildman–Crippen LogP) is 2.73. The van der Waals surface area contributed by atoms with Crippen molar-refractivity contribution in [1.29, 1.82) is 0 Å². The minimum atomic E-state index is -0.564. The maximum atomic E-state index is 11.9. The molecule has 0 aromatic heterocycles. The van der Waals surface area contributed by atoms with Gasteiger partial charge in [-0.25, -0.2) is 4.79 Å². The maximum absolute atomic E-state index is 11.9. The van der Waals surface area contributed by atoms with Crippen LogP contribution >= 0.6 is 0 Å². The third-order valence-corrected chi connectivity index (χ3v) is 3.32. The summed E-state index contributed by atoms with van der Waals surface area (Å²) in [7, 11) is 1.52. The molecule has 1 N–H and O–H groups in total. The normalized spacial score (nSPS) is 11.4. The van der Waals surface area contributed by atoms with E-state index in [1.54, 1.807) is 24.3 Å². The Kier molecular flexibility index (Phi) is 5.74. The lowest BCUT2D eigenvalue weighted by molar-refractivity contribution is -0.124. The molecule has 0 heterocycles. The van der Waals surface area contributed by atoms with Crippen LogP contribution in [0.2, 0.25) is 0 Å². The quantitative estimate of drug-likeness (QED) is 0.833. The zero-order valence-electron chi connectivity index (χ0n) is 13.1. The Morgan fingerprint density at radius 1 is 1.09 bits per heavy atom. The van der Waals surface area contributed by atoms with Crippen LogP contribution in [0.25, 0.3) is 0 Å². The standard InChI is InChI=1S/C18H19NO4/c1-13(14-7-4-3-5-8-14)19-17(20)12-23-18(21)15-9-6-10-16(11-15)22-2/h3-11,13H,12H2,1-2H3,(H,19,20)/t13-/m0/s1. The topological polar surface area (TPSA) is 64.6 Å². The Balaban J connectivity index is 1.85. The number of hydrogen-bond donors (Lipinski definition) is 1. The molecule has 5 heteroatoms. The molecule has 120 valence electrons. The number of methoxy groups -OCH3 is 1. The number of esters is 1. The summed E-state index contributed by atoms with van der Waals surface area (Å²) < 4.78 is 10.1. The summed E-state index contributed by atoms with van der Waals surface area (Å²) >= 11 is 0. The Bertz CT molecular complexity index is 670. The highest BCUT2D eigenvalue weighted by molar-refractivity contribution is 5.91. The van der Waals surface area contributed by atoms with Crippen LogP contribution in [0.3, 0.4) is 0 Å². The van der Waals surface area contributed by atoms with E-state index in [4.69, 9.17) is 9.47 Å². The third kappa shape index (κ3) is 4.85. The van der Waals surface area contributed by atoms with Crippen LogP contribution in [0.5, 0.6) is 5.75 Å². The minimum Gasteiger partial charge on any atom is -0.497 e. The van der Waals surface area contributed by atoms with E-state index in [1.807, 2.05) is 37.3 Å². The molecule has 1 atom stereocenters. The number of benzene rings is 2. The van der Waals surface area contributed by atoms with Crippen molar-refractivity contribution >= 4 is 11.9 Å². The summed E-state index contributed by atoms with van der Waals surface area (Å²) in [5, 5.41) is 2.78. The van der Waals surface area contributed by atoms with Crippen molar-refractivity contribution < 1.29 is 19.1 Å². The molecule has 5 nitrogen and oxygen atoms in total. The highest BCUT2D eigenvalue weighted by atomic mass is 16.5. The molecule has 1 amide bonds. The van der Waals surface area contributed by atoms with E-state index in [-0.39, 0.29) is 18.6 Å². The van der Waals surface area contributed by atoms with Crippen LogP contribution in [-0.2, 0) is 9.53 Å². The number of rotatable bonds is 6. The second-order valence-corrected chi connectivity index (χ2v) is 5.01. The van der Waals surface area contributed by atoms with E-state index in [1.165, 1.54) is 7.11 Å². The second-order valence-electron chi connectivity index (χ2n) is 5.01. The number of carbonyl (C=O) groups excluding carboxylic acids is 2. The van der Waals surface area contributed by atoms with Crippen LogP contribution in [0.1, 0.15) is 28.9 Å². The maximum Gasteiger partial charge on any atom is 0.338 e. The fourth-order valence-electron chi connectivity index (χ4n) is 2.07. The first-order valence-electron chi connectivity index (χ1n) is 7.25. The third-order valence-electron chi connectivity index (χ3n) is 3.32. The van der Waals surface area contributed by atoms with Crippen molar-refractivity contribution in [2.24, 2.45) is 0 Å². The molecule has 0 fully saturated rings. The average Bonchev–Trinajstić information content (AvgIpc) is 2.60. The summed E-state index contributed by atoms with van der Waals surface area (Å²) in [4.78, 5) is 23.8. The molecule has 0 aliphatic heterocycles. The Hall–Kier alpha value is -2.82. The molecule has 23 heavy (non-hydrogen) atoms. The summed E-state index contributed by atoms with van der Waals surface area (Å²) in [6.07, 6.45) is 0. The van der Waals surface area contributed by atoms with Crippen LogP contribution in [0.4, 0.5) is 0 Å². The SMILES string of the molecule is COc1cccc(C(=O)OCC(=O)N[C@@H](C)c2ccccc2)c1. The van der Waals surface area contributed by atoms with Gasteiger partial charge < -0.3 is 14.8 Å². The van der Waals surface area contributed by atoms with Gasteiger partial charge in [0.1, 0.15) is 5.75 Å². The fourth-order valence-corrected chi connectivity index (χ4v) is 2.07. The minimum absolute atomic E-state index is 0.153. The van der Waals surface area contributed by atoms with Gasteiger partial charge in [0.25, 0.3) is 5.91 Å². The van der Waals surface area contributed by atoms with Gasteiger partial charge in [0.05, 0.1) is 18.7 Å². The summed E-state index contributed by atoms with van der Waals surface area (Å²) in [5.41, 5.74) is 1.33. The first-order valence-corrected chi connectivity index (χ1v) is 7.25. The van der Waals surface area contributed by atoms with Crippen molar-refractivity contribution in [3.8, 4) is 5.75 Å². The van der Waals surface area contributed by atoms with Gasteiger partial charge in [-0.05, 0) is 30.7 Å². The predicted molar refractivity (Wildman–Crippen MR) is 86.3 cm³/mol. The van der Waals surface area contributed by atoms with Crippen molar-refractivity contribution in [3.05, 3.63) is 65.7 Å². The molecule has 0 aliphatic rings. The van der Waals surface area contributed by atoms with Crippen LogP contribution < -0.4 is 10.1 Å². The van der Waals surface area contributed by atoms with Crippen molar-refractivity contribution in [2.45, 2.75) is 13.0 Å². The van der Waals surface area contributed by atoms with Gasteiger partial charge in [-0.2, -0.15) is 0 Å². The van der Waals surface area contributed by atoms with Crippen molar-refractivity contribution in [1.82, 2.24) is 5.32 Å². The number of hydrogen-bond acceptors (Lipinski definition) is 4. The Morgan fingerprint density at radius 3 is 2.52 bits per heavy atom. The molecule has 0 radical (unpaired) electrons. The van der Waals surface area contributed by atoms with E-state index in [9.17, 15) is 9.59 Å². The van der Waals surface area contributed by atoms with E-state index in [0.29, 0.717) is 11.3 Å². The summed E-state index contributed by atoms with van der Waals surface area (Å²) in [6, 6.07) is 16.0. The highest BCUT2D eigenvalue weighted by Gasteiger charge is 2.13. The molecule has 0 saturated carbocycles. The molecule has 2 aromatic carbocycles. The van der Waals surface area contributed by atoms with Gasteiger partial charge in [0, 0.05) is 0 Å². The monoisotopic (exact) mass is 313 g/mol. The largest absolute Gasteiger partial charge is 0.497 e. The summed E-state index contributed by atoms with van der Waals surface area (Å²) in [5.74, 6) is -0.356. The van der Waals surface area contributed by atoms with E-state index < -0.39 is 5.97 Å². The van der Waals surface area contributed by atoms with Crippen LogP contribution in [-0.4, -0.2) is 25.6 Å². The lowest BCUT2D eigenvalue weighted by Crippen LogP contribution is -2.31. The van der Waals surface area contributed by atoms with Gasteiger partial charge >= 0.3 is 5.97 Å². The number of nitrogens with one attached hydrogen (secondary N) is 1. The zero-order valence-corrected chi connectivity index (χ0v) is 13.1. The first kappa shape index (κ1) is 16.5. The van der Waals surface area contributed by atoms with Crippen molar-refractivity contribution in [2.75, 3.05) is 13.7 Å². The molecule has 0 bridgehead atoms. The van der Waals surface area contributed by atoms with Crippen LogP contribution in [0, 0.1) is 0 Å². The Labute approximate surface area is 135 Å². The van der Waals surface area contributed by atoms with E-state index >= 15 is 0 Å². The zero-order chi connectivity index (χ0) is 16.7. The smallest absolute Gasteiger partial charge is 0.338 e. The fraction of sp³-hybridized carbons (Fsp3) is 0.222. The van der Waals surface area contributed by atoms with Gasteiger partial charge in [-0.1, -0.05) is 36.4 Å². The van der Waals surface area contributed by atoms with Gasteiger partial charge in [0.15, 0.2) is 6.61 Å². The van der Waals surface area contributed by atoms with Crippen molar-refractivity contribution in [3.63, 3.8) is 0 Å². The molecule has 0 aliphatic carbocycles. The average molecular weight is 313 g/mol. The lowest BCUT2D eigenvalue weighted by atomic mass is 10.1.